The predicted octanol–water partition coefficient (Wildman–Crippen LogP) is 5.85. The van der Waals surface area contributed by atoms with E-state index >= 15 is 0 Å². The van der Waals surface area contributed by atoms with Gasteiger partial charge in [-0.1, -0.05) is 36.4 Å². The molecule has 0 atom stereocenters. The van der Waals surface area contributed by atoms with E-state index in [1.165, 1.54) is 24.9 Å². The quantitative estimate of drug-likeness (QED) is 0.139. The highest BCUT2D eigenvalue weighted by Crippen LogP contribution is 2.28. The van der Waals surface area contributed by atoms with Crippen LogP contribution in [0.2, 0.25) is 0 Å². The molecule has 0 aliphatic rings. The maximum absolute atomic E-state index is 13.5. The second kappa shape index (κ2) is 15.1. The predicted molar refractivity (Wildman–Crippen MR) is 169 cm³/mol. The van der Waals surface area contributed by atoms with Crippen molar-refractivity contribution in [3.8, 4) is 17.2 Å². The summed E-state index contributed by atoms with van der Waals surface area (Å²) in [6.07, 6.45) is 1.54. The zero-order chi connectivity index (χ0) is 30.6. The van der Waals surface area contributed by atoms with Gasteiger partial charge in [-0.25, -0.2) is 0 Å². The van der Waals surface area contributed by atoms with Crippen LogP contribution in [0.15, 0.2) is 108 Å². The number of carbonyl (C=O) groups excluding carboxylic acids is 3. The largest absolute Gasteiger partial charge is 0.497 e. The zero-order valence-corrected chi connectivity index (χ0v) is 24.7. The van der Waals surface area contributed by atoms with Gasteiger partial charge in [-0.15, -0.1) is 11.8 Å². The van der Waals surface area contributed by atoms with E-state index in [1.807, 2.05) is 18.2 Å². The molecule has 0 radical (unpaired) electrons. The third-order valence-corrected chi connectivity index (χ3v) is 7.11. The van der Waals surface area contributed by atoms with Gasteiger partial charge in [0, 0.05) is 27.8 Å². The third-order valence-electron chi connectivity index (χ3n) is 6.11. The average Bonchev–Trinajstić information content (AvgIpc) is 3.04. The molecule has 4 aromatic rings. The van der Waals surface area contributed by atoms with Crippen LogP contribution in [0.3, 0.4) is 0 Å². The van der Waals surface area contributed by atoms with Crippen molar-refractivity contribution in [1.82, 2.24) is 5.32 Å². The number of ether oxygens (including phenoxy) is 3. The van der Waals surface area contributed by atoms with Crippen LogP contribution in [0.4, 0.5) is 11.4 Å². The third kappa shape index (κ3) is 8.64. The molecule has 3 amide bonds. The molecule has 43 heavy (non-hydrogen) atoms. The molecule has 9 nitrogen and oxygen atoms in total. The molecule has 220 valence electrons. The van der Waals surface area contributed by atoms with Crippen LogP contribution in [0, 0.1) is 0 Å². The number of amides is 3. The fourth-order valence-electron chi connectivity index (χ4n) is 3.98. The minimum Gasteiger partial charge on any atom is -0.497 e. The monoisotopic (exact) mass is 597 g/mol. The topological polar surface area (TPSA) is 115 Å². The van der Waals surface area contributed by atoms with Gasteiger partial charge in [-0.3, -0.25) is 14.4 Å². The molecule has 0 bridgehead atoms. The fourth-order valence-corrected chi connectivity index (χ4v) is 4.74. The molecule has 4 rings (SSSR count). The van der Waals surface area contributed by atoms with E-state index in [-0.39, 0.29) is 17.4 Å². The van der Waals surface area contributed by atoms with Crippen molar-refractivity contribution < 1.29 is 28.6 Å². The molecule has 0 unspecified atom stereocenters. The Labute approximate surface area is 254 Å². The molecule has 0 aliphatic carbocycles. The molecular formula is C33H31N3O6S. The Morgan fingerprint density at radius 2 is 1.49 bits per heavy atom. The molecule has 0 saturated carbocycles. The van der Waals surface area contributed by atoms with Gasteiger partial charge in [0.2, 0.25) is 5.91 Å². The van der Waals surface area contributed by atoms with E-state index in [9.17, 15) is 14.4 Å². The highest BCUT2D eigenvalue weighted by Gasteiger charge is 2.17. The number of rotatable bonds is 12. The van der Waals surface area contributed by atoms with Gasteiger partial charge in [0.15, 0.2) is 0 Å². The SMILES string of the molecule is COc1ccc(/C=C(/NC(=O)c2ccccc2)C(=O)Nc2cccc(SCC(=O)Nc3ccccc3OC)c2)c(OC)c1. The Morgan fingerprint density at radius 3 is 2.23 bits per heavy atom. The summed E-state index contributed by atoms with van der Waals surface area (Å²) in [5.74, 6) is 0.568. The Kier molecular flexibility index (Phi) is 10.8. The highest BCUT2D eigenvalue weighted by molar-refractivity contribution is 8.00. The first-order chi connectivity index (χ1) is 20.9. The van der Waals surface area contributed by atoms with E-state index in [4.69, 9.17) is 14.2 Å². The van der Waals surface area contributed by atoms with Crippen molar-refractivity contribution in [2.75, 3.05) is 37.7 Å². The number of para-hydroxylation sites is 2. The van der Waals surface area contributed by atoms with E-state index in [2.05, 4.69) is 16.0 Å². The van der Waals surface area contributed by atoms with Crippen molar-refractivity contribution in [2.24, 2.45) is 0 Å². The number of anilines is 2. The summed E-state index contributed by atoms with van der Waals surface area (Å²) in [6, 6.07) is 28.0. The lowest BCUT2D eigenvalue weighted by Crippen LogP contribution is -2.30. The summed E-state index contributed by atoms with van der Waals surface area (Å²) in [6.45, 7) is 0. The fraction of sp³-hybridized carbons (Fsp3) is 0.121. The van der Waals surface area contributed by atoms with Crippen LogP contribution in [0.1, 0.15) is 15.9 Å². The van der Waals surface area contributed by atoms with Crippen LogP contribution in [0.25, 0.3) is 6.08 Å². The first-order valence-electron chi connectivity index (χ1n) is 13.2. The number of hydrogen-bond acceptors (Lipinski definition) is 7. The van der Waals surface area contributed by atoms with Crippen LogP contribution in [-0.2, 0) is 9.59 Å². The molecule has 3 N–H and O–H groups in total. The van der Waals surface area contributed by atoms with Crippen molar-refractivity contribution in [2.45, 2.75) is 4.90 Å². The summed E-state index contributed by atoms with van der Waals surface area (Å²) in [4.78, 5) is 39.8. The molecule has 0 spiro atoms. The summed E-state index contributed by atoms with van der Waals surface area (Å²) >= 11 is 1.31. The lowest BCUT2D eigenvalue weighted by molar-refractivity contribution is -0.114. The zero-order valence-electron chi connectivity index (χ0n) is 23.9. The van der Waals surface area contributed by atoms with E-state index in [1.54, 1.807) is 93.1 Å². The first-order valence-corrected chi connectivity index (χ1v) is 14.2. The van der Waals surface area contributed by atoms with Gasteiger partial charge in [0.05, 0.1) is 32.8 Å². The Balaban J connectivity index is 1.50. The van der Waals surface area contributed by atoms with Crippen molar-refractivity contribution in [1.29, 1.82) is 0 Å². The molecule has 0 heterocycles. The van der Waals surface area contributed by atoms with Crippen LogP contribution >= 0.6 is 11.8 Å². The molecule has 0 aliphatic heterocycles. The average molecular weight is 598 g/mol. The summed E-state index contributed by atoms with van der Waals surface area (Å²) in [7, 11) is 4.59. The minimum atomic E-state index is -0.543. The van der Waals surface area contributed by atoms with E-state index in [0.29, 0.717) is 39.8 Å². The highest BCUT2D eigenvalue weighted by atomic mass is 32.2. The minimum absolute atomic E-state index is 0.00608. The second-order valence-electron chi connectivity index (χ2n) is 9.01. The first kappa shape index (κ1) is 30.7. The number of benzene rings is 4. The van der Waals surface area contributed by atoms with Gasteiger partial charge in [-0.05, 0) is 60.7 Å². The number of nitrogens with one attached hydrogen (secondary N) is 3. The van der Waals surface area contributed by atoms with E-state index in [0.717, 1.165) is 4.90 Å². The summed E-state index contributed by atoms with van der Waals surface area (Å²) in [5, 5.41) is 8.41. The molecular weight excluding hydrogens is 566 g/mol. The Bertz CT molecular complexity index is 1620. The smallest absolute Gasteiger partial charge is 0.272 e. The van der Waals surface area contributed by atoms with Gasteiger partial charge in [0.25, 0.3) is 11.8 Å². The number of thioether (sulfide) groups is 1. The summed E-state index contributed by atoms with van der Waals surface area (Å²) < 4.78 is 16.0. The van der Waals surface area contributed by atoms with Crippen molar-refractivity contribution in [3.05, 3.63) is 114 Å². The lowest BCUT2D eigenvalue weighted by atomic mass is 10.1. The molecule has 0 saturated heterocycles. The number of carbonyl (C=O) groups is 3. The Morgan fingerprint density at radius 1 is 0.744 bits per heavy atom. The molecule has 4 aromatic carbocycles. The maximum Gasteiger partial charge on any atom is 0.272 e. The second-order valence-corrected chi connectivity index (χ2v) is 10.1. The lowest BCUT2D eigenvalue weighted by Gasteiger charge is -2.14. The van der Waals surface area contributed by atoms with Gasteiger partial charge in [-0.2, -0.15) is 0 Å². The molecule has 10 heteroatoms. The summed E-state index contributed by atoms with van der Waals surface area (Å²) in [5.41, 5.74) is 2.04. The van der Waals surface area contributed by atoms with E-state index < -0.39 is 11.8 Å². The van der Waals surface area contributed by atoms with Crippen LogP contribution in [0.5, 0.6) is 17.2 Å². The number of methoxy groups -OCH3 is 3. The van der Waals surface area contributed by atoms with Crippen molar-refractivity contribution >= 4 is 46.9 Å². The van der Waals surface area contributed by atoms with Gasteiger partial charge < -0.3 is 30.2 Å². The van der Waals surface area contributed by atoms with Crippen LogP contribution < -0.4 is 30.2 Å². The normalized spacial score (nSPS) is 10.8. The number of hydrogen-bond donors (Lipinski definition) is 3. The van der Waals surface area contributed by atoms with Crippen LogP contribution in [-0.4, -0.2) is 44.8 Å². The van der Waals surface area contributed by atoms with Gasteiger partial charge in [0.1, 0.15) is 22.9 Å². The molecule has 0 fully saturated rings. The van der Waals surface area contributed by atoms with Gasteiger partial charge >= 0.3 is 0 Å². The maximum atomic E-state index is 13.5. The Hall–Kier alpha value is -5.22. The van der Waals surface area contributed by atoms with Crippen molar-refractivity contribution in [3.63, 3.8) is 0 Å². The standard InChI is InChI=1S/C33H31N3O6S/c1-40-25-17-16-23(30(20-25)42-3)18-28(36-32(38)22-10-5-4-6-11-22)33(39)34-24-12-9-13-26(19-24)43-21-31(37)35-27-14-7-8-15-29(27)41-2/h4-20H,21H2,1-3H3,(H,34,39)(H,35,37)(H,36,38)/b28-18+. The molecule has 0 aromatic heterocycles.